The van der Waals surface area contributed by atoms with E-state index in [-0.39, 0.29) is 29.6 Å². The predicted molar refractivity (Wildman–Crippen MR) is 169 cm³/mol. The van der Waals surface area contributed by atoms with Gasteiger partial charge in [-0.15, -0.1) is 0 Å². The number of carbonyl (C=O) groups is 2. The maximum atomic E-state index is 13.2. The summed E-state index contributed by atoms with van der Waals surface area (Å²) in [5.41, 5.74) is 8.00. The van der Waals surface area contributed by atoms with Crippen molar-refractivity contribution >= 4 is 17.6 Å². The molecule has 1 aliphatic heterocycles. The molecule has 0 amide bonds. The van der Waals surface area contributed by atoms with Crippen molar-refractivity contribution in [2.75, 3.05) is 0 Å². The van der Waals surface area contributed by atoms with Crippen LogP contribution in [0.3, 0.4) is 0 Å². The SMILES string of the molecule is C=C1CC(C(=O)CC(C)C)CC1C1=C2CCC(C(C)C(=O)OC(C)(C)C)CCCC2=C=NC2=C(C)C=CCCC2=C1. The van der Waals surface area contributed by atoms with Gasteiger partial charge in [0.05, 0.1) is 11.6 Å². The number of ether oxygens (including phenoxy) is 1. The number of fused-ring (bicyclic) bond motifs is 2. The van der Waals surface area contributed by atoms with Crippen molar-refractivity contribution < 1.29 is 14.3 Å². The molecule has 0 radical (unpaired) electrons. The first kappa shape index (κ1) is 31.2. The molecule has 4 nitrogen and oxygen atoms in total. The Morgan fingerprint density at radius 2 is 1.90 bits per heavy atom. The number of Topliss-reactive ketones (excluding diaryl/α,β-unsaturated/α-hetero) is 1. The molecule has 4 rings (SSSR count). The number of hydrogen-bond donors (Lipinski definition) is 0. The van der Waals surface area contributed by atoms with E-state index in [1.54, 1.807) is 0 Å². The molecule has 1 heterocycles. The van der Waals surface area contributed by atoms with Gasteiger partial charge in [-0.3, -0.25) is 9.59 Å². The van der Waals surface area contributed by atoms with Gasteiger partial charge in [0.1, 0.15) is 11.4 Å². The summed E-state index contributed by atoms with van der Waals surface area (Å²) in [6.45, 7) is 18.8. The third-order valence-corrected chi connectivity index (χ3v) is 9.19. The molecule has 41 heavy (non-hydrogen) atoms. The summed E-state index contributed by atoms with van der Waals surface area (Å²) < 4.78 is 5.78. The Bertz CT molecular complexity index is 1260. The molecule has 4 aliphatic rings. The number of aliphatic imine (C=N–C) groups is 1. The van der Waals surface area contributed by atoms with E-state index in [9.17, 15) is 9.59 Å². The average Bonchev–Trinajstić information content (AvgIpc) is 3.16. The lowest BCUT2D eigenvalue weighted by molar-refractivity contribution is -0.161. The second-order valence-corrected chi connectivity index (χ2v) is 14.2. The summed E-state index contributed by atoms with van der Waals surface area (Å²) in [5, 5.41) is 0. The quantitative estimate of drug-likeness (QED) is 0.242. The van der Waals surface area contributed by atoms with E-state index in [1.807, 2.05) is 27.7 Å². The smallest absolute Gasteiger partial charge is 0.309 e. The van der Waals surface area contributed by atoms with Crippen molar-refractivity contribution in [2.45, 2.75) is 118 Å². The minimum Gasteiger partial charge on any atom is -0.460 e. The first-order valence-corrected chi connectivity index (χ1v) is 15.9. The first-order chi connectivity index (χ1) is 19.3. The topological polar surface area (TPSA) is 55.7 Å². The number of allylic oxidation sites excluding steroid dienone is 9. The highest BCUT2D eigenvalue weighted by Crippen LogP contribution is 2.46. The van der Waals surface area contributed by atoms with E-state index in [0.717, 1.165) is 63.5 Å². The van der Waals surface area contributed by atoms with Crippen molar-refractivity contribution in [3.05, 3.63) is 63.9 Å². The van der Waals surface area contributed by atoms with Crippen LogP contribution in [0, 0.1) is 29.6 Å². The summed E-state index contributed by atoms with van der Waals surface area (Å²) in [6.07, 6.45) is 15.7. The van der Waals surface area contributed by atoms with Crippen LogP contribution in [0.4, 0.5) is 0 Å². The molecule has 0 bridgehead atoms. The van der Waals surface area contributed by atoms with Crippen LogP contribution < -0.4 is 0 Å². The lowest BCUT2D eigenvalue weighted by Gasteiger charge is -2.30. The summed E-state index contributed by atoms with van der Waals surface area (Å²) in [6, 6.07) is 0. The van der Waals surface area contributed by atoms with Crippen molar-refractivity contribution in [3.63, 3.8) is 0 Å². The summed E-state index contributed by atoms with van der Waals surface area (Å²) in [7, 11) is 0. The van der Waals surface area contributed by atoms with E-state index in [1.165, 1.54) is 33.4 Å². The van der Waals surface area contributed by atoms with Gasteiger partial charge in [0.2, 0.25) is 0 Å². The van der Waals surface area contributed by atoms with E-state index in [2.05, 4.69) is 51.4 Å². The van der Waals surface area contributed by atoms with E-state index in [4.69, 9.17) is 9.73 Å². The summed E-state index contributed by atoms with van der Waals surface area (Å²) in [5.74, 6) is 4.52. The number of nitrogens with zero attached hydrogens (tertiary/aromatic N) is 1. The van der Waals surface area contributed by atoms with Gasteiger partial charge in [-0.1, -0.05) is 51.2 Å². The molecule has 2 saturated carbocycles. The van der Waals surface area contributed by atoms with Crippen molar-refractivity contribution in [2.24, 2.45) is 34.6 Å². The highest BCUT2D eigenvalue weighted by molar-refractivity contribution is 5.82. The van der Waals surface area contributed by atoms with Crippen LogP contribution in [0.2, 0.25) is 0 Å². The van der Waals surface area contributed by atoms with Gasteiger partial charge in [-0.25, -0.2) is 4.99 Å². The second kappa shape index (κ2) is 13.1. The zero-order valence-corrected chi connectivity index (χ0v) is 26.6. The number of rotatable bonds is 6. The number of hydrogen-bond acceptors (Lipinski definition) is 4. The van der Waals surface area contributed by atoms with E-state index < -0.39 is 5.60 Å². The second-order valence-electron chi connectivity index (χ2n) is 14.2. The predicted octanol–water partition coefficient (Wildman–Crippen LogP) is 9.20. The maximum absolute atomic E-state index is 13.2. The largest absolute Gasteiger partial charge is 0.460 e. The molecule has 2 fully saturated rings. The third kappa shape index (κ3) is 7.77. The van der Waals surface area contributed by atoms with Gasteiger partial charge >= 0.3 is 5.97 Å². The molecular weight excluding hydrogens is 506 g/mol. The number of ketones is 1. The standard InChI is InChI=1S/C37H51NO3/c1-23(2)18-34(39)30-19-25(4)32(21-30)33-20-28-13-10-9-12-24(3)35(28)38-22-29-15-11-14-27(16-17-31(29)33)26(5)36(40)41-37(6,7)8/h9,12,20,23,26-27,30,32H,4,10-11,13-19,21H2,1-3,5-8H3. The molecule has 3 aliphatic carbocycles. The average molecular weight is 558 g/mol. The van der Waals surface area contributed by atoms with Crippen LogP contribution in [0.5, 0.6) is 0 Å². The lowest BCUT2D eigenvalue weighted by atomic mass is 9.76. The van der Waals surface area contributed by atoms with Gasteiger partial charge < -0.3 is 4.74 Å². The van der Waals surface area contributed by atoms with Crippen molar-refractivity contribution in [3.8, 4) is 0 Å². The van der Waals surface area contributed by atoms with Crippen molar-refractivity contribution in [1.29, 1.82) is 0 Å². The molecule has 222 valence electrons. The minimum absolute atomic E-state index is 0.0500. The van der Waals surface area contributed by atoms with Gasteiger partial charge in [-0.05, 0) is 125 Å². The normalized spacial score (nSPS) is 26.2. The molecule has 0 N–H and O–H groups in total. The molecule has 0 saturated heterocycles. The summed E-state index contributed by atoms with van der Waals surface area (Å²) in [4.78, 5) is 31.2. The Balaban J connectivity index is 1.74. The number of esters is 1. The molecule has 0 aromatic carbocycles. The molecule has 0 spiro atoms. The monoisotopic (exact) mass is 557 g/mol. The molecule has 0 aromatic rings. The van der Waals surface area contributed by atoms with E-state index in [0.29, 0.717) is 18.1 Å². The Morgan fingerprint density at radius 3 is 2.61 bits per heavy atom. The molecule has 0 aromatic heterocycles. The Kier molecular flexibility index (Phi) is 9.96. The number of carbonyl (C=O) groups excluding carboxylic acids is 2. The minimum atomic E-state index is -0.482. The fourth-order valence-corrected chi connectivity index (χ4v) is 6.96. The fraction of sp³-hybridized carbons (Fsp3) is 0.622. The van der Waals surface area contributed by atoms with Gasteiger partial charge in [-0.2, -0.15) is 0 Å². The third-order valence-electron chi connectivity index (χ3n) is 9.19. The van der Waals surface area contributed by atoms with Crippen LogP contribution in [0.25, 0.3) is 0 Å². The molecule has 4 unspecified atom stereocenters. The molecular formula is C37H51NO3. The van der Waals surface area contributed by atoms with Crippen LogP contribution >= 0.6 is 0 Å². The Labute approximate surface area is 248 Å². The maximum Gasteiger partial charge on any atom is 0.309 e. The van der Waals surface area contributed by atoms with Crippen LogP contribution in [0.1, 0.15) is 113 Å². The van der Waals surface area contributed by atoms with Gasteiger partial charge in [0.15, 0.2) is 0 Å². The Morgan fingerprint density at radius 1 is 1.15 bits per heavy atom. The van der Waals surface area contributed by atoms with Crippen molar-refractivity contribution in [1.82, 2.24) is 0 Å². The van der Waals surface area contributed by atoms with Crippen LogP contribution in [0.15, 0.2) is 68.9 Å². The zero-order valence-electron chi connectivity index (χ0n) is 26.6. The van der Waals surface area contributed by atoms with Crippen LogP contribution in [-0.2, 0) is 14.3 Å². The van der Waals surface area contributed by atoms with Gasteiger partial charge in [0.25, 0.3) is 0 Å². The summed E-state index contributed by atoms with van der Waals surface area (Å²) >= 11 is 0. The van der Waals surface area contributed by atoms with Crippen LogP contribution in [-0.4, -0.2) is 23.2 Å². The van der Waals surface area contributed by atoms with Gasteiger partial charge in [0, 0.05) is 23.8 Å². The lowest BCUT2D eigenvalue weighted by Crippen LogP contribution is -2.31. The highest BCUT2D eigenvalue weighted by Gasteiger charge is 2.37. The zero-order chi connectivity index (χ0) is 29.9. The highest BCUT2D eigenvalue weighted by atomic mass is 16.6. The molecule has 4 atom stereocenters. The fourth-order valence-electron chi connectivity index (χ4n) is 6.96. The molecule has 4 heteroatoms. The Hall–Kier alpha value is -2.71. The van der Waals surface area contributed by atoms with E-state index >= 15 is 0 Å². The first-order valence-electron chi connectivity index (χ1n) is 15.9.